The summed E-state index contributed by atoms with van der Waals surface area (Å²) in [6.07, 6.45) is 7.00. The summed E-state index contributed by atoms with van der Waals surface area (Å²) in [6, 6.07) is 0. The number of hydrogen-bond acceptors (Lipinski definition) is 2. The van der Waals surface area contributed by atoms with E-state index in [-0.39, 0.29) is 0 Å². The smallest absolute Gasteiger partial charge is 0.164 e. The first-order valence-electron chi connectivity index (χ1n) is 5.14. The van der Waals surface area contributed by atoms with Crippen LogP contribution in [0.15, 0.2) is 6.20 Å². The van der Waals surface area contributed by atoms with Crippen LogP contribution in [-0.4, -0.2) is 9.78 Å². The molecule has 0 amide bonds. The number of nitrogens with zero attached hydrogens (tertiary/aromatic N) is 2. The molecule has 1 aromatic rings. The quantitative estimate of drug-likeness (QED) is 0.839. The molecule has 78 valence electrons. The highest BCUT2D eigenvalue weighted by atomic mass is 35.5. The normalized spacial score (nSPS) is 19.3. The van der Waals surface area contributed by atoms with Crippen LogP contribution >= 0.6 is 11.6 Å². The van der Waals surface area contributed by atoms with Crippen LogP contribution in [-0.2, 0) is 6.54 Å². The number of nitrogens with two attached hydrogens (primary N) is 1. The first kappa shape index (κ1) is 9.84. The van der Waals surface area contributed by atoms with Crippen molar-refractivity contribution in [3.63, 3.8) is 0 Å². The van der Waals surface area contributed by atoms with Crippen LogP contribution in [0.2, 0.25) is 5.02 Å². The molecule has 2 rings (SSSR count). The molecule has 1 aliphatic carbocycles. The van der Waals surface area contributed by atoms with E-state index in [1.165, 1.54) is 25.7 Å². The van der Waals surface area contributed by atoms with Crippen LogP contribution in [0.25, 0.3) is 0 Å². The first-order chi connectivity index (χ1) is 6.65. The van der Waals surface area contributed by atoms with Crippen molar-refractivity contribution >= 4 is 17.4 Å². The summed E-state index contributed by atoms with van der Waals surface area (Å²) >= 11 is 5.85. The Morgan fingerprint density at radius 2 is 2.36 bits per heavy atom. The van der Waals surface area contributed by atoms with Crippen molar-refractivity contribution in [3.8, 4) is 0 Å². The van der Waals surface area contributed by atoms with Crippen molar-refractivity contribution in [1.29, 1.82) is 0 Å². The fourth-order valence-electron chi connectivity index (χ4n) is 2.14. The van der Waals surface area contributed by atoms with Gasteiger partial charge in [-0.1, -0.05) is 24.9 Å². The molecule has 0 atom stereocenters. The molecule has 0 spiro atoms. The van der Waals surface area contributed by atoms with E-state index in [4.69, 9.17) is 17.3 Å². The van der Waals surface area contributed by atoms with E-state index in [1.54, 1.807) is 0 Å². The summed E-state index contributed by atoms with van der Waals surface area (Å²) in [7, 11) is 0. The lowest BCUT2D eigenvalue weighted by atomic mass is 9.67. The van der Waals surface area contributed by atoms with Gasteiger partial charge in [0, 0.05) is 12.7 Å². The third-order valence-corrected chi connectivity index (χ3v) is 3.70. The fourth-order valence-corrected chi connectivity index (χ4v) is 2.29. The first-order valence-corrected chi connectivity index (χ1v) is 5.51. The SMILES string of the molecule is CCC1(Cn2cc(Cl)c(N)n2)CCC1. The van der Waals surface area contributed by atoms with Gasteiger partial charge >= 0.3 is 0 Å². The zero-order chi connectivity index (χ0) is 10.2. The summed E-state index contributed by atoms with van der Waals surface area (Å²) in [6.45, 7) is 3.20. The van der Waals surface area contributed by atoms with Crippen LogP contribution in [0.1, 0.15) is 32.6 Å². The number of anilines is 1. The summed E-state index contributed by atoms with van der Waals surface area (Å²) in [5, 5.41) is 4.75. The number of halogens is 1. The molecule has 0 aromatic carbocycles. The Bertz CT molecular complexity index is 303. The van der Waals surface area contributed by atoms with E-state index in [1.807, 2.05) is 10.9 Å². The molecule has 0 unspecified atom stereocenters. The second-order valence-corrected chi connectivity index (χ2v) is 4.67. The van der Waals surface area contributed by atoms with Gasteiger partial charge in [-0.25, -0.2) is 0 Å². The molecule has 3 nitrogen and oxygen atoms in total. The molecule has 0 saturated heterocycles. The van der Waals surface area contributed by atoms with Gasteiger partial charge in [-0.3, -0.25) is 4.68 Å². The maximum Gasteiger partial charge on any atom is 0.164 e. The molecule has 0 bridgehead atoms. The van der Waals surface area contributed by atoms with Crippen molar-refractivity contribution in [2.24, 2.45) is 5.41 Å². The number of aromatic nitrogens is 2. The molecule has 14 heavy (non-hydrogen) atoms. The largest absolute Gasteiger partial charge is 0.381 e. The molecule has 1 aromatic heterocycles. The molecule has 1 fully saturated rings. The van der Waals surface area contributed by atoms with Gasteiger partial charge < -0.3 is 5.73 Å². The molecule has 2 N–H and O–H groups in total. The fraction of sp³-hybridized carbons (Fsp3) is 0.700. The minimum absolute atomic E-state index is 0.442. The van der Waals surface area contributed by atoms with Gasteiger partial charge in [0.2, 0.25) is 0 Å². The van der Waals surface area contributed by atoms with E-state index < -0.39 is 0 Å². The standard InChI is InChI=1S/C10H16ClN3/c1-2-10(4-3-5-10)7-14-6-8(11)9(12)13-14/h6H,2-5,7H2,1H3,(H2,12,13). The third kappa shape index (κ3) is 1.61. The molecule has 1 saturated carbocycles. The van der Waals surface area contributed by atoms with E-state index in [0.717, 1.165) is 6.54 Å². The Balaban J connectivity index is 2.09. The molecule has 4 heteroatoms. The average molecular weight is 214 g/mol. The minimum atomic E-state index is 0.442. The highest BCUT2D eigenvalue weighted by Crippen LogP contribution is 2.45. The molecule has 1 aliphatic rings. The van der Waals surface area contributed by atoms with Gasteiger partial charge in [0.1, 0.15) is 5.02 Å². The summed E-state index contributed by atoms with van der Waals surface area (Å²) in [4.78, 5) is 0. The van der Waals surface area contributed by atoms with Crippen LogP contribution in [0.3, 0.4) is 0 Å². The lowest BCUT2D eigenvalue weighted by molar-refractivity contribution is 0.0951. The van der Waals surface area contributed by atoms with Gasteiger partial charge in [-0.05, 0) is 24.7 Å². The van der Waals surface area contributed by atoms with Crippen LogP contribution in [0.4, 0.5) is 5.82 Å². The molecule has 0 radical (unpaired) electrons. The van der Waals surface area contributed by atoms with E-state index in [9.17, 15) is 0 Å². The van der Waals surface area contributed by atoms with Crippen molar-refractivity contribution in [2.75, 3.05) is 5.73 Å². The van der Waals surface area contributed by atoms with Crippen molar-refractivity contribution in [1.82, 2.24) is 9.78 Å². The number of hydrogen-bond donors (Lipinski definition) is 1. The summed E-state index contributed by atoms with van der Waals surface area (Å²) in [5.41, 5.74) is 6.06. The van der Waals surface area contributed by atoms with Crippen LogP contribution in [0.5, 0.6) is 0 Å². The summed E-state index contributed by atoms with van der Waals surface area (Å²) < 4.78 is 1.89. The van der Waals surface area contributed by atoms with Gasteiger partial charge in [-0.15, -0.1) is 0 Å². The third-order valence-electron chi connectivity index (χ3n) is 3.40. The highest BCUT2D eigenvalue weighted by Gasteiger charge is 2.35. The molecule has 0 aliphatic heterocycles. The second kappa shape index (κ2) is 3.46. The van der Waals surface area contributed by atoms with Crippen LogP contribution in [0, 0.1) is 5.41 Å². The van der Waals surface area contributed by atoms with Crippen molar-refractivity contribution in [3.05, 3.63) is 11.2 Å². The predicted molar refractivity (Wildman–Crippen MR) is 58.2 cm³/mol. The topological polar surface area (TPSA) is 43.8 Å². The highest BCUT2D eigenvalue weighted by molar-refractivity contribution is 6.32. The predicted octanol–water partition coefficient (Wildman–Crippen LogP) is 2.70. The molecular formula is C10H16ClN3. The Morgan fingerprint density at radius 3 is 2.71 bits per heavy atom. The van der Waals surface area contributed by atoms with Crippen LogP contribution < -0.4 is 5.73 Å². The van der Waals surface area contributed by atoms with Gasteiger partial charge in [0.15, 0.2) is 5.82 Å². The molecular weight excluding hydrogens is 198 g/mol. The van der Waals surface area contributed by atoms with E-state index >= 15 is 0 Å². The zero-order valence-corrected chi connectivity index (χ0v) is 9.22. The maximum atomic E-state index is 5.85. The number of nitrogen functional groups attached to an aromatic ring is 1. The average Bonchev–Trinajstić information content (AvgIpc) is 2.39. The lowest BCUT2D eigenvalue weighted by Gasteiger charge is -2.41. The van der Waals surface area contributed by atoms with Crippen molar-refractivity contribution < 1.29 is 0 Å². The monoisotopic (exact) mass is 213 g/mol. The Labute approximate surface area is 89.2 Å². The van der Waals surface area contributed by atoms with Gasteiger partial charge in [0.25, 0.3) is 0 Å². The Hall–Kier alpha value is -0.700. The second-order valence-electron chi connectivity index (χ2n) is 4.27. The lowest BCUT2D eigenvalue weighted by Crippen LogP contribution is -2.33. The van der Waals surface area contributed by atoms with Gasteiger partial charge in [-0.2, -0.15) is 5.10 Å². The Kier molecular flexibility index (Phi) is 2.43. The minimum Gasteiger partial charge on any atom is -0.381 e. The van der Waals surface area contributed by atoms with Crippen molar-refractivity contribution in [2.45, 2.75) is 39.2 Å². The molecule has 1 heterocycles. The Morgan fingerprint density at radius 1 is 1.64 bits per heavy atom. The zero-order valence-electron chi connectivity index (χ0n) is 8.46. The maximum absolute atomic E-state index is 5.85. The number of rotatable bonds is 3. The van der Waals surface area contributed by atoms with E-state index in [0.29, 0.717) is 16.3 Å². The summed E-state index contributed by atoms with van der Waals surface area (Å²) in [5.74, 6) is 0.442. The van der Waals surface area contributed by atoms with Gasteiger partial charge in [0.05, 0.1) is 0 Å². The van der Waals surface area contributed by atoms with E-state index in [2.05, 4.69) is 12.0 Å².